The van der Waals surface area contributed by atoms with E-state index in [1.54, 1.807) is 18.2 Å². The molecule has 1 amide bonds. The van der Waals surface area contributed by atoms with E-state index in [1.165, 1.54) is 6.08 Å². The summed E-state index contributed by atoms with van der Waals surface area (Å²) < 4.78 is 33.2. The Morgan fingerprint density at radius 3 is 2.72 bits per heavy atom. The standard InChI is InChI=1S/C22H24N2O4S/c25-22-20-16-18(23-29(26,27)15-12-17-6-2-1-3-7-17)9-10-21(20)28-14-11-19-8-4-5-13-24(19)22/h1-3,6-7,9-10,12,15-16,19,23H,4-5,8,11,13-14H2/b15-12+/t19-/m1/s1. The average Bonchev–Trinajstić information content (AvgIpc) is 2.73. The quantitative estimate of drug-likeness (QED) is 0.827. The summed E-state index contributed by atoms with van der Waals surface area (Å²) in [5.74, 6) is 0.409. The predicted molar refractivity (Wildman–Crippen MR) is 113 cm³/mol. The molecule has 2 aromatic carbocycles. The van der Waals surface area contributed by atoms with Gasteiger partial charge < -0.3 is 9.64 Å². The molecule has 6 nitrogen and oxygen atoms in total. The van der Waals surface area contributed by atoms with Gasteiger partial charge >= 0.3 is 0 Å². The zero-order valence-corrected chi connectivity index (χ0v) is 16.9. The lowest BCUT2D eigenvalue weighted by atomic mass is 9.97. The maximum Gasteiger partial charge on any atom is 0.257 e. The molecule has 0 radical (unpaired) electrons. The summed E-state index contributed by atoms with van der Waals surface area (Å²) in [5, 5.41) is 1.12. The zero-order valence-electron chi connectivity index (χ0n) is 16.1. The summed E-state index contributed by atoms with van der Waals surface area (Å²) in [4.78, 5) is 15.0. The number of ether oxygens (including phenoxy) is 1. The van der Waals surface area contributed by atoms with E-state index < -0.39 is 10.0 Å². The molecule has 2 aromatic rings. The number of hydrogen-bond acceptors (Lipinski definition) is 4. The van der Waals surface area contributed by atoms with E-state index in [9.17, 15) is 13.2 Å². The maximum atomic E-state index is 13.1. The van der Waals surface area contributed by atoms with Crippen LogP contribution in [0.25, 0.3) is 6.08 Å². The van der Waals surface area contributed by atoms with Crippen molar-refractivity contribution < 1.29 is 17.9 Å². The van der Waals surface area contributed by atoms with Crippen molar-refractivity contribution >= 4 is 27.7 Å². The van der Waals surface area contributed by atoms with Gasteiger partial charge in [-0.15, -0.1) is 0 Å². The Balaban J connectivity index is 1.57. The van der Waals surface area contributed by atoms with Gasteiger partial charge in [0.25, 0.3) is 15.9 Å². The highest BCUT2D eigenvalue weighted by Crippen LogP contribution is 2.31. The predicted octanol–water partition coefficient (Wildman–Crippen LogP) is 3.88. The molecule has 0 aromatic heterocycles. The van der Waals surface area contributed by atoms with Crippen LogP contribution in [0.2, 0.25) is 0 Å². The van der Waals surface area contributed by atoms with Gasteiger partial charge in [-0.25, -0.2) is 8.42 Å². The summed E-state index contributed by atoms with van der Waals surface area (Å²) in [6.45, 7) is 1.28. The fourth-order valence-electron chi connectivity index (χ4n) is 3.84. The van der Waals surface area contributed by atoms with Gasteiger partial charge in [0.1, 0.15) is 5.75 Å². The first-order chi connectivity index (χ1) is 14.0. The van der Waals surface area contributed by atoms with E-state index in [1.807, 2.05) is 35.2 Å². The summed E-state index contributed by atoms with van der Waals surface area (Å²) in [5.41, 5.74) is 1.53. The number of nitrogens with one attached hydrogen (secondary N) is 1. The number of benzene rings is 2. The van der Waals surface area contributed by atoms with Crippen molar-refractivity contribution in [2.75, 3.05) is 17.9 Å². The highest BCUT2D eigenvalue weighted by atomic mass is 32.2. The topological polar surface area (TPSA) is 75.7 Å². The molecule has 0 aliphatic carbocycles. The summed E-state index contributed by atoms with van der Waals surface area (Å²) in [6, 6.07) is 14.2. The van der Waals surface area contributed by atoms with Crippen LogP contribution in [0.4, 0.5) is 5.69 Å². The van der Waals surface area contributed by atoms with E-state index >= 15 is 0 Å². The van der Waals surface area contributed by atoms with Crippen LogP contribution in [-0.4, -0.2) is 38.4 Å². The third-order valence-corrected chi connectivity index (χ3v) is 6.32. The molecule has 1 N–H and O–H groups in total. The number of anilines is 1. The summed E-state index contributed by atoms with van der Waals surface area (Å²) in [7, 11) is -3.71. The van der Waals surface area contributed by atoms with E-state index in [4.69, 9.17) is 4.74 Å². The number of nitrogens with zero attached hydrogens (tertiary/aromatic N) is 1. The minimum absolute atomic E-state index is 0.0923. The van der Waals surface area contributed by atoms with Crippen LogP contribution in [0.3, 0.4) is 0 Å². The minimum Gasteiger partial charge on any atom is -0.493 e. The number of hydrogen-bond donors (Lipinski definition) is 1. The number of carbonyl (C=O) groups is 1. The van der Waals surface area contributed by atoms with Crippen LogP contribution in [-0.2, 0) is 10.0 Å². The SMILES string of the molecule is O=C1c2cc(NS(=O)(=O)/C=C/c3ccccc3)ccc2OCC[C@H]2CCCCN12. The Kier molecular flexibility index (Phi) is 5.58. The molecule has 0 unspecified atom stereocenters. The van der Waals surface area contributed by atoms with Crippen LogP contribution in [0.5, 0.6) is 5.75 Å². The maximum absolute atomic E-state index is 13.1. The van der Waals surface area contributed by atoms with Crippen molar-refractivity contribution in [1.82, 2.24) is 4.90 Å². The zero-order chi connectivity index (χ0) is 20.3. The van der Waals surface area contributed by atoms with Crippen LogP contribution in [0.1, 0.15) is 41.6 Å². The molecule has 0 saturated carbocycles. The molecule has 2 aliphatic heterocycles. The molecule has 2 aliphatic rings. The molecule has 7 heteroatoms. The number of fused-ring (bicyclic) bond motifs is 2. The highest BCUT2D eigenvalue weighted by molar-refractivity contribution is 7.95. The second-order valence-electron chi connectivity index (χ2n) is 7.36. The fraction of sp³-hybridized carbons (Fsp3) is 0.318. The molecule has 1 atom stereocenters. The molecule has 0 spiro atoms. The Labute approximate surface area is 171 Å². The van der Waals surface area contributed by atoms with Gasteiger partial charge in [-0.2, -0.15) is 0 Å². The Morgan fingerprint density at radius 1 is 1.07 bits per heavy atom. The van der Waals surface area contributed by atoms with Gasteiger partial charge in [-0.3, -0.25) is 9.52 Å². The molecular formula is C22H24N2O4S. The van der Waals surface area contributed by atoms with Crippen molar-refractivity contribution in [2.24, 2.45) is 0 Å². The van der Waals surface area contributed by atoms with E-state index in [0.29, 0.717) is 23.6 Å². The third-order valence-electron chi connectivity index (χ3n) is 5.31. The van der Waals surface area contributed by atoms with Gasteiger partial charge in [0.2, 0.25) is 0 Å². The molecular weight excluding hydrogens is 388 g/mol. The van der Waals surface area contributed by atoms with Crippen LogP contribution < -0.4 is 9.46 Å². The smallest absolute Gasteiger partial charge is 0.257 e. The second kappa shape index (κ2) is 8.29. The summed E-state index contributed by atoms with van der Waals surface area (Å²) in [6.07, 6.45) is 5.46. The molecule has 4 rings (SSSR count). The van der Waals surface area contributed by atoms with E-state index in [0.717, 1.165) is 43.2 Å². The average molecular weight is 413 g/mol. The Morgan fingerprint density at radius 2 is 1.90 bits per heavy atom. The first kappa shape index (κ1) is 19.5. The van der Waals surface area contributed by atoms with Gasteiger partial charge in [-0.05, 0) is 49.1 Å². The molecule has 152 valence electrons. The van der Waals surface area contributed by atoms with Crippen molar-refractivity contribution in [3.63, 3.8) is 0 Å². The van der Waals surface area contributed by atoms with Crippen LogP contribution >= 0.6 is 0 Å². The van der Waals surface area contributed by atoms with Crippen LogP contribution in [0, 0.1) is 0 Å². The minimum atomic E-state index is -3.71. The number of piperidine rings is 1. The highest BCUT2D eigenvalue weighted by Gasteiger charge is 2.31. The van der Waals surface area contributed by atoms with Crippen molar-refractivity contribution in [2.45, 2.75) is 31.7 Å². The molecule has 1 saturated heterocycles. The molecule has 29 heavy (non-hydrogen) atoms. The van der Waals surface area contributed by atoms with Gasteiger partial charge in [0.05, 0.1) is 17.6 Å². The number of sulfonamides is 1. The first-order valence-electron chi connectivity index (χ1n) is 9.86. The molecule has 0 bridgehead atoms. The van der Waals surface area contributed by atoms with Crippen molar-refractivity contribution in [3.05, 3.63) is 65.1 Å². The monoisotopic (exact) mass is 412 g/mol. The normalized spacial score (nSPS) is 19.7. The van der Waals surface area contributed by atoms with Gasteiger partial charge in [-0.1, -0.05) is 30.3 Å². The number of rotatable bonds is 4. The second-order valence-corrected chi connectivity index (χ2v) is 8.92. The van der Waals surface area contributed by atoms with Gasteiger partial charge in [0.15, 0.2) is 0 Å². The summed E-state index contributed by atoms with van der Waals surface area (Å²) >= 11 is 0. The van der Waals surface area contributed by atoms with E-state index in [2.05, 4.69) is 4.72 Å². The molecule has 2 heterocycles. The lowest BCUT2D eigenvalue weighted by molar-refractivity contribution is 0.0548. The number of amides is 1. The molecule has 1 fully saturated rings. The van der Waals surface area contributed by atoms with Crippen LogP contribution in [0.15, 0.2) is 53.9 Å². The fourth-order valence-corrected chi connectivity index (χ4v) is 4.70. The van der Waals surface area contributed by atoms with Crippen molar-refractivity contribution in [3.8, 4) is 5.75 Å². The largest absolute Gasteiger partial charge is 0.493 e. The van der Waals surface area contributed by atoms with Gasteiger partial charge in [0, 0.05) is 24.7 Å². The Bertz CT molecular complexity index is 1020. The van der Waals surface area contributed by atoms with E-state index in [-0.39, 0.29) is 11.9 Å². The Hall–Kier alpha value is -2.80. The first-order valence-corrected chi connectivity index (χ1v) is 11.4. The third kappa shape index (κ3) is 4.62. The lowest BCUT2D eigenvalue weighted by Crippen LogP contribution is -2.45. The number of carbonyl (C=O) groups excluding carboxylic acids is 1. The van der Waals surface area contributed by atoms with Crippen molar-refractivity contribution in [1.29, 1.82) is 0 Å². The lowest BCUT2D eigenvalue weighted by Gasteiger charge is -2.37.